The number of para-hydroxylation sites is 1. The van der Waals surface area contributed by atoms with E-state index in [0.29, 0.717) is 28.3 Å². The second kappa shape index (κ2) is 11.1. The number of alkyl halides is 3. The maximum absolute atomic E-state index is 14.8. The van der Waals surface area contributed by atoms with Crippen molar-refractivity contribution < 1.29 is 36.3 Å². The molecule has 1 saturated heterocycles. The first-order valence-electron chi connectivity index (χ1n) is 12.3. The quantitative estimate of drug-likeness (QED) is 0.246. The zero-order valence-corrected chi connectivity index (χ0v) is 21.6. The van der Waals surface area contributed by atoms with Gasteiger partial charge in [0.1, 0.15) is 17.9 Å². The molecule has 0 aliphatic carbocycles. The summed E-state index contributed by atoms with van der Waals surface area (Å²) in [5.74, 6) is -4.90. The largest absolute Gasteiger partial charge is 0.455 e. The number of tetrazole rings is 1. The molecule has 16 heteroatoms. The summed E-state index contributed by atoms with van der Waals surface area (Å²) in [6.45, 7) is 1.69. The molecule has 1 fully saturated rings. The molecule has 11 nitrogen and oxygen atoms in total. The molecule has 0 bridgehead atoms. The Labute approximate surface area is 233 Å². The number of ether oxygens (including phenoxy) is 1. The monoisotopic (exact) mass is 586 g/mol. The van der Waals surface area contributed by atoms with Crippen molar-refractivity contribution >= 4 is 11.7 Å². The standard InChI is InChI=1S/C26H19F5N8O3/c1-13-5-14(9-32)6-18(24(41)33-16-11-42-12-16)17(13)8-22(40)21-7-15(10-38-36-25(34-37-38)26(29,30)31)35-39(21)23-19(27)3-2-4-20(23)28/h2-7,16H,8,10-12H2,1H3,(H,33,41). The lowest BCUT2D eigenvalue weighted by Crippen LogP contribution is -2.48. The van der Waals surface area contributed by atoms with Crippen LogP contribution in [0.2, 0.25) is 0 Å². The van der Waals surface area contributed by atoms with E-state index >= 15 is 0 Å². The van der Waals surface area contributed by atoms with Crippen LogP contribution in [-0.2, 0) is 23.9 Å². The summed E-state index contributed by atoms with van der Waals surface area (Å²) < 4.78 is 74.1. The van der Waals surface area contributed by atoms with Crippen LogP contribution >= 0.6 is 0 Å². The number of amides is 1. The summed E-state index contributed by atoms with van der Waals surface area (Å²) in [6, 6.07) is 8.66. The van der Waals surface area contributed by atoms with E-state index in [1.165, 1.54) is 12.1 Å². The Hall–Kier alpha value is -5.04. The molecule has 0 radical (unpaired) electrons. The van der Waals surface area contributed by atoms with Gasteiger partial charge in [-0.05, 0) is 53.6 Å². The van der Waals surface area contributed by atoms with Crippen LogP contribution in [0.3, 0.4) is 0 Å². The molecule has 1 N–H and O–H groups in total. The number of benzene rings is 2. The molecule has 1 amide bonds. The zero-order valence-electron chi connectivity index (χ0n) is 21.6. The van der Waals surface area contributed by atoms with Gasteiger partial charge in [-0.15, -0.1) is 10.2 Å². The Bertz CT molecular complexity index is 1720. The van der Waals surface area contributed by atoms with Crippen LogP contribution in [0.5, 0.6) is 0 Å². The third kappa shape index (κ3) is 5.72. The number of hydrogen-bond acceptors (Lipinski definition) is 8. The zero-order chi connectivity index (χ0) is 30.2. The highest BCUT2D eigenvalue weighted by atomic mass is 19.4. The molecule has 0 atom stereocenters. The highest BCUT2D eigenvalue weighted by molar-refractivity contribution is 6.01. The van der Waals surface area contributed by atoms with E-state index in [2.05, 4.69) is 25.8 Å². The van der Waals surface area contributed by atoms with E-state index in [9.17, 15) is 36.8 Å². The third-order valence-corrected chi connectivity index (χ3v) is 6.36. The lowest BCUT2D eigenvalue weighted by atomic mass is 9.93. The van der Waals surface area contributed by atoms with E-state index in [4.69, 9.17) is 4.74 Å². The minimum Gasteiger partial charge on any atom is -0.377 e. The average molecular weight is 586 g/mol. The van der Waals surface area contributed by atoms with Crippen LogP contribution in [0.4, 0.5) is 22.0 Å². The SMILES string of the molecule is Cc1cc(C#N)cc(C(=O)NC2COC2)c1CC(=O)c1cc(Cn2nnc(C(F)(F)F)n2)nn1-c1c(F)cccc1F. The van der Waals surface area contributed by atoms with E-state index in [0.717, 1.165) is 24.3 Å². The summed E-state index contributed by atoms with van der Waals surface area (Å²) in [4.78, 5) is 27.3. The number of Topliss-reactive ketones (excluding diaryl/α,β-unsaturated/α-hetero) is 1. The van der Waals surface area contributed by atoms with Crippen molar-refractivity contribution in [3.05, 3.63) is 87.5 Å². The molecule has 216 valence electrons. The number of nitriles is 1. The van der Waals surface area contributed by atoms with Gasteiger partial charge in [0.15, 0.2) is 17.4 Å². The second-order valence-corrected chi connectivity index (χ2v) is 9.38. The first-order valence-corrected chi connectivity index (χ1v) is 12.3. The maximum Gasteiger partial charge on any atom is 0.455 e. The van der Waals surface area contributed by atoms with Gasteiger partial charge in [0, 0.05) is 12.0 Å². The van der Waals surface area contributed by atoms with Gasteiger partial charge in [-0.1, -0.05) is 6.07 Å². The molecule has 4 aromatic rings. The number of rotatable bonds is 8. The van der Waals surface area contributed by atoms with Crippen molar-refractivity contribution in [2.24, 2.45) is 0 Å². The Morgan fingerprint density at radius 1 is 1.14 bits per heavy atom. The summed E-state index contributed by atoms with van der Waals surface area (Å²) in [6.07, 6.45) is -5.30. The normalized spacial score (nSPS) is 13.5. The van der Waals surface area contributed by atoms with Crippen molar-refractivity contribution in [2.45, 2.75) is 32.1 Å². The molecule has 3 heterocycles. The fraction of sp³-hybridized carbons (Fsp3) is 0.269. The number of carbonyl (C=O) groups excluding carboxylic acids is 2. The minimum absolute atomic E-state index is 0.0571. The molecular weight excluding hydrogens is 567 g/mol. The van der Waals surface area contributed by atoms with Gasteiger partial charge in [0.25, 0.3) is 11.7 Å². The Morgan fingerprint density at radius 2 is 1.86 bits per heavy atom. The van der Waals surface area contributed by atoms with Gasteiger partial charge < -0.3 is 10.1 Å². The number of nitrogens with one attached hydrogen (secondary N) is 1. The van der Waals surface area contributed by atoms with Crippen molar-refractivity contribution in [1.29, 1.82) is 5.26 Å². The third-order valence-electron chi connectivity index (χ3n) is 6.36. The van der Waals surface area contributed by atoms with Crippen molar-refractivity contribution in [2.75, 3.05) is 13.2 Å². The smallest absolute Gasteiger partial charge is 0.377 e. The number of aryl methyl sites for hydroxylation is 1. The van der Waals surface area contributed by atoms with Gasteiger partial charge in [-0.3, -0.25) is 9.59 Å². The van der Waals surface area contributed by atoms with E-state index in [-0.39, 0.29) is 34.1 Å². The van der Waals surface area contributed by atoms with Gasteiger partial charge >= 0.3 is 6.18 Å². The lowest BCUT2D eigenvalue weighted by molar-refractivity contribution is -0.145. The topological polar surface area (TPSA) is 141 Å². The van der Waals surface area contributed by atoms with Crippen LogP contribution in [0.25, 0.3) is 5.69 Å². The molecule has 0 spiro atoms. The minimum atomic E-state index is -4.86. The number of nitrogens with zero attached hydrogens (tertiary/aromatic N) is 7. The van der Waals surface area contributed by atoms with Crippen LogP contribution in [0, 0.1) is 29.9 Å². The average Bonchev–Trinajstić information content (AvgIpc) is 3.55. The van der Waals surface area contributed by atoms with Crippen LogP contribution in [-0.4, -0.2) is 60.9 Å². The molecule has 2 aromatic carbocycles. The van der Waals surface area contributed by atoms with Gasteiger partial charge in [-0.2, -0.15) is 28.3 Å². The molecule has 0 saturated carbocycles. The number of hydrogen-bond donors (Lipinski definition) is 1. The van der Waals surface area contributed by atoms with E-state index in [1.54, 1.807) is 6.92 Å². The summed E-state index contributed by atoms with van der Waals surface area (Å²) >= 11 is 0. The predicted octanol–water partition coefficient (Wildman–Crippen LogP) is 2.94. The van der Waals surface area contributed by atoms with Gasteiger partial charge in [0.2, 0.25) is 0 Å². The number of aromatic nitrogens is 6. The summed E-state index contributed by atoms with van der Waals surface area (Å²) in [7, 11) is 0. The molecule has 1 aliphatic rings. The van der Waals surface area contributed by atoms with Gasteiger partial charge in [-0.25, -0.2) is 13.5 Å². The Balaban J connectivity index is 1.54. The number of halogens is 5. The fourth-order valence-electron chi connectivity index (χ4n) is 4.29. The summed E-state index contributed by atoms with van der Waals surface area (Å²) in [5.41, 5.74) is -0.201. The first-order chi connectivity index (χ1) is 19.9. The van der Waals surface area contributed by atoms with E-state index in [1.807, 2.05) is 6.07 Å². The predicted molar refractivity (Wildman–Crippen MR) is 131 cm³/mol. The summed E-state index contributed by atoms with van der Waals surface area (Å²) in [5, 5.41) is 25.7. The molecule has 0 unspecified atom stereocenters. The molecule has 42 heavy (non-hydrogen) atoms. The Kier molecular flexibility index (Phi) is 7.52. The highest BCUT2D eigenvalue weighted by Crippen LogP contribution is 2.26. The van der Waals surface area contributed by atoms with Crippen LogP contribution in [0.1, 0.15) is 49.1 Å². The number of carbonyl (C=O) groups is 2. The molecular formula is C26H19F5N8O3. The second-order valence-electron chi connectivity index (χ2n) is 9.38. The highest BCUT2D eigenvalue weighted by Gasteiger charge is 2.37. The van der Waals surface area contributed by atoms with Crippen molar-refractivity contribution in [3.8, 4) is 11.8 Å². The van der Waals surface area contributed by atoms with Gasteiger partial charge in [0.05, 0.1) is 36.6 Å². The maximum atomic E-state index is 14.8. The van der Waals surface area contributed by atoms with Crippen LogP contribution in [0.15, 0.2) is 36.4 Å². The Morgan fingerprint density at radius 3 is 2.45 bits per heavy atom. The fourth-order valence-corrected chi connectivity index (χ4v) is 4.29. The molecule has 1 aliphatic heterocycles. The van der Waals surface area contributed by atoms with Crippen molar-refractivity contribution in [3.63, 3.8) is 0 Å². The molecule has 5 rings (SSSR count). The number of ketones is 1. The lowest BCUT2D eigenvalue weighted by Gasteiger charge is -2.27. The van der Waals surface area contributed by atoms with Crippen LogP contribution < -0.4 is 5.32 Å². The van der Waals surface area contributed by atoms with Crippen molar-refractivity contribution in [1.82, 2.24) is 35.3 Å². The molecule has 2 aromatic heterocycles. The first kappa shape index (κ1) is 28.5. The van der Waals surface area contributed by atoms with E-state index < -0.39 is 54.0 Å².